The lowest BCUT2D eigenvalue weighted by atomic mass is 10.0. The third kappa shape index (κ3) is 3.39. The Morgan fingerprint density at radius 3 is 2.55 bits per heavy atom. The van der Waals surface area contributed by atoms with Crippen LogP contribution in [0.25, 0.3) is 0 Å². The molecule has 2 aromatic rings. The Bertz CT molecular complexity index is 669. The van der Waals surface area contributed by atoms with Crippen molar-refractivity contribution in [1.82, 2.24) is 4.98 Å². The Morgan fingerprint density at radius 1 is 1.23 bits per heavy atom. The van der Waals surface area contributed by atoms with Gasteiger partial charge in [0.1, 0.15) is 0 Å². The normalized spacial score (nSPS) is 10.4. The number of carbonyl (C=O) groups is 1. The van der Waals surface area contributed by atoms with Crippen LogP contribution in [0.1, 0.15) is 35.3 Å². The van der Waals surface area contributed by atoms with E-state index < -0.39 is 0 Å². The topological polar surface area (TPSA) is 51.2 Å². The number of amides is 1. The van der Waals surface area contributed by atoms with E-state index in [1.807, 2.05) is 26.0 Å². The SMILES string of the molecule is CCc1ccc(Cl)c(CC)c1NC(=O)c1ccc(OC)nc1. The van der Waals surface area contributed by atoms with Gasteiger partial charge in [-0.1, -0.05) is 31.5 Å². The van der Waals surface area contributed by atoms with Gasteiger partial charge in [0.2, 0.25) is 5.88 Å². The number of carbonyl (C=O) groups excluding carboxylic acids is 1. The number of nitrogens with zero attached hydrogens (tertiary/aromatic N) is 1. The van der Waals surface area contributed by atoms with E-state index in [4.69, 9.17) is 16.3 Å². The van der Waals surface area contributed by atoms with Crippen LogP contribution in [0.5, 0.6) is 5.88 Å². The Kier molecular flexibility index (Phi) is 5.39. The molecule has 0 aliphatic carbocycles. The molecule has 0 fully saturated rings. The number of halogens is 1. The maximum absolute atomic E-state index is 12.4. The maximum atomic E-state index is 12.4. The molecule has 22 heavy (non-hydrogen) atoms. The van der Waals surface area contributed by atoms with Crippen molar-refractivity contribution in [3.05, 3.63) is 52.2 Å². The van der Waals surface area contributed by atoms with Gasteiger partial charge in [-0.25, -0.2) is 4.98 Å². The molecule has 0 saturated carbocycles. The molecule has 4 nitrogen and oxygen atoms in total. The Balaban J connectivity index is 2.32. The number of methoxy groups -OCH3 is 1. The Morgan fingerprint density at radius 2 is 2.00 bits per heavy atom. The van der Waals surface area contributed by atoms with Gasteiger partial charge in [0.05, 0.1) is 12.7 Å². The van der Waals surface area contributed by atoms with Gasteiger partial charge in [0.25, 0.3) is 5.91 Å². The van der Waals surface area contributed by atoms with Gasteiger partial charge in [-0.15, -0.1) is 0 Å². The first-order valence-electron chi connectivity index (χ1n) is 7.22. The van der Waals surface area contributed by atoms with E-state index in [9.17, 15) is 4.79 Å². The van der Waals surface area contributed by atoms with Gasteiger partial charge in [-0.05, 0) is 36.1 Å². The van der Waals surface area contributed by atoms with Gasteiger partial charge in [-0.2, -0.15) is 0 Å². The first-order chi connectivity index (χ1) is 10.6. The van der Waals surface area contributed by atoms with Crippen LogP contribution >= 0.6 is 11.6 Å². The van der Waals surface area contributed by atoms with Crippen LogP contribution in [-0.4, -0.2) is 18.0 Å². The molecule has 1 aromatic heterocycles. The van der Waals surface area contributed by atoms with Crippen molar-refractivity contribution in [3.8, 4) is 5.88 Å². The van der Waals surface area contributed by atoms with Crippen LogP contribution in [0.4, 0.5) is 5.69 Å². The monoisotopic (exact) mass is 318 g/mol. The van der Waals surface area contributed by atoms with Gasteiger partial charge < -0.3 is 10.1 Å². The van der Waals surface area contributed by atoms with Crippen molar-refractivity contribution in [3.63, 3.8) is 0 Å². The molecule has 5 heteroatoms. The summed E-state index contributed by atoms with van der Waals surface area (Å²) in [6, 6.07) is 7.17. The quantitative estimate of drug-likeness (QED) is 0.902. The highest BCUT2D eigenvalue weighted by atomic mass is 35.5. The molecule has 0 bridgehead atoms. The number of ether oxygens (including phenoxy) is 1. The molecule has 1 N–H and O–H groups in total. The van der Waals surface area contributed by atoms with Crippen molar-refractivity contribution >= 4 is 23.2 Å². The van der Waals surface area contributed by atoms with Crippen molar-refractivity contribution < 1.29 is 9.53 Å². The van der Waals surface area contributed by atoms with E-state index in [2.05, 4.69) is 10.3 Å². The van der Waals surface area contributed by atoms with Crippen molar-refractivity contribution in [2.75, 3.05) is 12.4 Å². The number of aromatic nitrogens is 1. The second-order valence-corrected chi connectivity index (χ2v) is 5.22. The highest BCUT2D eigenvalue weighted by Crippen LogP contribution is 2.30. The summed E-state index contributed by atoms with van der Waals surface area (Å²) in [5.41, 5.74) is 3.30. The molecule has 116 valence electrons. The number of hydrogen-bond acceptors (Lipinski definition) is 3. The second kappa shape index (κ2) is 7.27. The minimum atomic E-state index is -0.207. The number of aryl methyl sites for hydroxylation is 1. The fourth-order valence-electron chi connectivity index (χ4n) is 2.29. The van der Waals surface area contributed by atoms with Crippen LogP contribution in [-0.2, 0) is 12.8 Å². The van der Waals surface area contributed by atoms with Crippen molar-refractivity contribution in [2.24, 2.45) is 0 Å². The molecule has 0 aliphatic rings. The standard InChI is InChI=1S/C17H19ClN2O2/c1-4-11-6-8-14(18)13(5-2)16(11)20-17(21)12-7-9-15(22-3)19-10-12/h6-10H,4-5H2,1-3H3,(H,20,21). The van der Waals surface area contributed by atoms with E-state index in [0.717, 1.165) is 29.7 Å². The average Bonchev–Trinajstić information content (AvgIpc) is 2.55. The summed E-state index contributed by atoms with van der Waals surface area (Å²) in [7, 11) is 1.54. The molecule has 0 saturated heterocycles. The number of benzene rings is 1. The third-order valence-electron chi connectivity index (χ3n) is 3.52. The highest BCUT2D eigenvalue weighted by Gasteiger charge is 2.14. The summed E-state index contributed by atoms with van der Waals surface area (Å²) in [4.78, 5) is 16.5. The Labute approximate surface area is 135 Å². The molecule has 1 aromatic carbocycles. The van der Waals surface area contributed by atoms with Crippen LogP contribution in [0.3, 0.4) is 0 Å². The van der Waals surface area contributed by atoms with Gasteiger partial charge in [-0.3, -0.25) is 4.79 Å². The largest absolute Gasteiger partial charge is 0.481 e. The summed E-state index contributed by atoms with van der Waals surface area (Å²) in [5.74, 6) is 0.268. The average molecular weight is 319 g/mol. The smallest absolute Gasteiger partial charge is 0.257 e. The lowest BCUT2D eigenvalue weighted by Crippen LogP contribution is -2.15. The van der Waals surface area contributed by atoms with E-state index in [0.29, 0.717) is 16.5 Å². The minimum absolute atomic E-state index is 0.207. The molecule has 0 radical (unpaired) electrons. The maximum Gasteiger partial charge on any atom is 0.257 e. The first-order valence-corrected chi connectivity index (χ1v) is 7.60. The molecule has 0 aliphatic heterocycles. The number of anilines is 1. The van der Waals surface area contributed by atoms with E-state index >= 15 is 0 Å². The molecule has 0 unspecified atom stereocenters. The number of nitrogens with one attached hydrogen (secondary N) is 1. The predicted octanol–water partition coefficient (Wildman–Crippen LogP) is 4.12. The first kappa shape index (κ1) is 16.3. The molecule has 0 atom stereocenters. The number of hydrogen-bond donors (Lipinski definition) is 1. The molecule has 1 amide bonds. The molecule has 1 heterocycles. The summed E-state index contributed by atoms with van der Waals surface area (Å²) in [5, 5.41) is 3.64. The zero-order valence-corrected chi connectivity index (χ0v) is 13.7. The molecular formula is C17H19ClN2O2. The fraction of sp³-hybridized carbons (Fsp3) is 0.294. The predicted molar refractivity (Wildman–Crippen MR) is 89.0 cm³/mol. The fourth-order valence-corrected chi connectivity index (χ4v) is 2.58. The van der Waals surface area contributed by atoms with E-state index in [1.54, 1.807) is 12.1 Å². The minimum Gasteiger partial charge on any atom is -0.481 e. The van der Waals surface area contributed by atoms with E-state index in [-0.39, 0.29) is 5.91 Å². The number of pyridine rings is 1. The zero-order chi connectivity index (χ0) is 16.1. The van der Waals surface area contributed by atoms with Crippen LogP contribution in [0, 0.1) is 0 Å². The Hall–Kier alpha value is -2.07. The summed E-state index contributed by atoms with van der Waals surface area (Å²) in [6.07, 6.45) is 3.07. The highest BCUT2D eigenvalue weighted by molar-refractivity contribution is 6.32. The lowest BCUT2D eigenvalue weighted by molar-refractivity contribution is 0.102. The van der Waals surface area contributed by atoms with Gasteiger partial charge in [0.15, 0.2) is 0 Å². The summed E-state index contributed by atoms with van der Waals surface area (Å²) >= 11 is 6.25. The van der Waals surface area contributed by atoms with Crippen molar-refractivity contribution in [2.45, 2.75) is 26.7 Å². The van der Waals surface area contributed by atoms with Crippen LogP contribution < -0.4 is 10.1 Å². The zero-order valence-electron chi connectivity index (χ0n) is 12.9. The van der Waals surface area contributed by atoms with E-state index in [1.165, 1.54) is 13.3 Å². The summed E-state index contributed by atoms with van der Waals surface area (Å²) < 4.78 is 5.00. The number of rotatable bonds is 5. The van der Waals surface area contributed by atoms with Crippen LogP contribution in [0.15, 0.2) is 30.5 Å². The molecular weight excluding hydrogens is 300 g/mol. The summed E-state index contributed by atoms with van der Waals surface area (Å²) in [6.45, 7) is 4.07. The second-order valence-electron chi connectivity index (χ2n) is 4.81. The molecule has 0 spiro atoms. The van der Waals surface area contributed by atoms with Crippen molar-refractivity contribution in [1.29, 1.82) is 0 Å². The van der Waals surface area contributed by atoms with Crippen LogP contribution in [0.2, 0.25) is 5.02 Å². The van der Waals surface area contributed by atoms with Gasteiger partial charge >= 0.3 is 0 Å². The molecule has 2 rings (SSSR count). The van der Waals surface area contributed by atoms with Gasteiger partial charge in [0, 0.05) is 23.0 Å². The third-order valence-corrected chi connectivity index (χ3v) is 3.88. The lowest BCUT2D eigenvalue weighted by Gasteiger charge is -2.16.